The number of nitrogens with zero attached hydrogens (tertiary/aromatic N) is 1. The van der Waals surface area contributed by atoms with E-state index in [2.05, 4.69) is 6.58 Å². The molecule has 0 unspecified atom stereocenters. The first-order valence-electron chi connectivity index (χ1n) is 8.15. The van der Waals surface area contributed by atoms with Gasteiger partial charge in [0.25, 0.3) is 10.0 Å². The average molecular weight is 375 g/mol. The van der Waals surface area contributed by atoms with Crippen LogP contribution in [0.5, 0.6) is 17.2 Å². The Labute approximate surface area is 153 Å². The summed E-state index contributed by atoms with van der Waals surface area (Å²) in [6, 6.07) is 9.88. The second kappa shape index (κ2) is 7.29. The zero-order valence-electron chi connectivity index (χ0n) is 14.8. The summed E-state index contributed by atoms with van der Waals surface area (Å²) < 4.78 is 44.0. The van der Waals surface area contributed by atoms with Crippen molar-refractivity contribution in [2.24, 2.45) is 0 Å². The Balaban J connectivity index is 2.03. The van der Waals surface area contributed by atoms with E-state index in [1.165, 1.54) is 10.4 Å². The SMILES string of the molecule is C=CCN(c1ccc2c(c1)OCCO2)S(=O)(=O)c1ccc(OC)c(C)c1. The van der Waals surface area contributed by atoms with E-state index in [-0.39, 0.29) is 11.4 Å². The first kappa shape index (κ1) is 18.1. The molecule has 0 aliphatic carbocycles. The van der Waals surface area contributed by atoms with Crippen molar-refractivity contribution in [3.8, 4) is 17.2 Å². The standard InChI is InChI=1S/C19H21NO5S/c1-4-9-20(15-5-7-18-19(13-15)25-11-10-24-18)26(21,22)16-6-8-17(23-3)14(2)12-16/h4-8,12-13H,1,9-11H2,2-3H3. The van der Waals surface area contributed by atoms with Gasteiger partial charge in [-0.1, -0.05) is 6.08 Å². The second-order valence-corrected chi connectivity index (χ2v) is 7.65. The zero-order chi connectivity index (χ0) is 18.7. The molecule has 1 aliphatic rings. The molecule has 7 heteroatoms. The van der Waals surface area contributed by atoms with Gasteiger partial charge in [0.2, 0.25) is 0 Å². The summed E-state index contributed by atoms with van der Waals surface area (Å²) in [5.41, 5.74) is 1.23. The number of aryl methyl sites for hydroxylation is 1. The van der Waals surface area contributed by atoms with Gasteiger partial charge in [0.15, 0.2) is 11.5 Å². The number of fused-ring (bicyclic) bond motifs is 1. The van der Waals surface area contributed by atoms with E-state index in [9.17, 15) is 8.42 Å². The van der Waals surface area contributed by atoms with Gasteiger partial charge in [-0.3, -0.25) is 4.31 Å². The van der Waals surface area contributed by atoms with Gasteiger partial charge in [0, 0.05) is 6.07 Å². The monoisotopic (exact) mass is 375 g/mol. The Kier molecular flexibility index (Phi) is 5.08. The number of sulfonamides is 1. The van der Waals surface area contributed by atoms with Gasteiger partial charge >= 0.3 is 0 Å². The zero-order valence-corrected chi connectivity index (χ0v) is 15.6. The Morgan fingerprint density at radius 3 is 2.54 bits per heavy atom. The van der Waals surface area contributed by atoms with E-state index < -0.39 is 10.0 Å². The topological polar surface area (TPSA) is 65.1 Å². The summed E-state index contributed by atoms with van der Waals surface area (Å²) in [5.74, 6) is 1.78. The van der Waals surface area contributed by atoms with Gasteiger partial charge in [-0.15, -0.1) is 6.58 Å². The molecular weight excluding hydrogens is 354 g/mol. The molecule has 1 aliphatic heterocycles. The normalized spacial score (nSPS) is 13.2. The third kappa shape index (κ3) is 3.35. The fourth-order valence-electron chi connectivity index (χ4n) is 2.79. The Hall–Kier alpha value is -2.67. The third-order valence-corrected chi connectivity index (χ3v) is 5.85. The van der Waals surface area contributed by atoms with Gasteiger partial charge in [0.05, 0.1) is 24.2 Å². The average Bonchev–Trinajstić information content (AvgIpc) is 2.65. The van der Waals surface area contributed by atoms with Gasteiger partial charge in [-0.2, -0.15) is 0 Å². The maximum absolute atomic E-state index is 13.2. The number of benzene rings is 2. The van der Waals surface area contributed by atoms with Crippen molar-refractivity contribution in [1.29, 1.82) is 0 Å². The number of ether oxygens (including phenoxy) is 3. The Morgan fingerprint density at radius 1 is 1.15 bits per heavy atom. The molecule has 0 amide bonds. The Morgan fingerprint density at radius 2 is 1.88 bits per heavy atom. The van der Waals surface area contributed by atoms with Crippen molar-refractivity contribution < 1.29 is 22.6 Å². The van der Waals surface area contributed by atoms with E-state index >= 15 is 0 Å². The third-order valence-electron chi connectivity index (χ3n) is 4.06. The second-order valence-electron chi connectivity index (χ2n) is 5.78. The van der Waals surface area contributed by atoms with E-state index in [0.29, 0.717) is 36.1 Å². The largest absolute Gasteiger partial charge is 0.496 e. The molecule has 0 saturated carbocycles. The summed E-state index contributed by atoms with van der Waals surface area (Å²) in [6.07, 6.45) is 1.55. The lowest BCUT2D eigenvalue weighted by Crippen LogP contribution is -2.31. The maximum Gasteiger partial charge on any atom is 0.264 e. The highest BCUT2D eigenvalue weighted by Crippen LogP contribution is 2.36. The molecule has 26 heavy (non-hydrogen) atoms. The lowest BCUT2D eigenvalue weighted by molar-refractivity contribution is 0.171. The van der Waals surface area contributed by atoms with Crippen LogP contribution in [0.15, 0.2) is 53.9 Å². The van der Waals surface area contributed by atoms with Crippen LogP contribution in [0.4, 0.5) is 5.69 Å². The molecule has 3 rings (SSSR count). The lowest BCUT2D eigenvalue weighted by Gasteiger charge is -2.26. The van der Waals surface area contributed by atoms with Crippen molar-refractivity contribution >= 4 is 15.7 Å². The van der Waals surface area contributed by atoms with Crippen LogP contribution in [0, 0.1) is 6.92 Å². The molecule has 2 aromatic carbocycles. The highest BCUT2D eigenvalue weighted by Gasteiger charge is 2.26. The van der Waals surface area contributed by atoms with E-state index in [1.54, 1.807) is 50.4 Å². The number of methoxy groups -OCH3 is 1. The number of hydrogen-bond donors (Lipinski definition) is 0. The first-order chi connectivity index (χ1) is 12.5. The van der Waals surface area contributed by atoms with E-state index in [1.807, 2.05) is 0 Å². The summed E-state index contributed by atoms with van der Waals surface area (Å²) in [6.45, 7) is 6.53. The molecule has 1 heterocycles. The van der Waals surface area contributed by atoms with Crippen LogP contribution >= 0.6 is 0 Å². The molecule has 0 atom stereocenters. The van der Waals surface area contributed by atoms with Crippen LogP contribution in [0.2, 0.25) is 0 Å². The molecule has 2 aromatic rings. The minimum atomic E-state index is -3.78. The molecule has 0 saturated heterocycles. The van der Waals surface area contributed by atoms with Crippen LogP contribution in [0.25, 0.3) is 0 Å². The van der Waals surface area contributed by atoms with Gasteiger partial charge in [-0.25, -0.2) is 8.42 Å². The van der Waals surface area contributed by atoms with Crippen LogP contribution in [0.3, 0.4) is 0 Å². The quantitative estimate of drug-likeness (QED) is 0.726. The van der Waals surface area contributed by atoms with Gasteiger partial charge in [-0.05, 0) is 42.8 Å². The van der Waals surface area contributed by atoms with Gasteiger partial charge < -0.3 is 14.2 Å². The van der Waals surface area contributed by atoms with Crippen LogP contribution in [-0.4, -0.2) is 35.3 Å². The molecule has 0 aromatic heterocycles. The number of anilines is 1. The van der Waals surface area contributed by atoms with E-state index in [0.717, 1.165) is 5.56 Å². The smallest absolute Gasteiger partial charge is 0.264 e. The predicted molar refractivity (Wildman–Crippen MR) is 99.9 cm³/mol. The molecule has 6 nitrogen and oxygen atoms in total. The summed E-state index contributed by atoms with van der Waals surface area (Å²) >= 11 is 0. The summed E-state index contributed by atoms with van der Waals surface area (Å²) in [5, 5.41) is 0. The number of rotatable bonds is 6. The fraction of sp³-hybridized carbons (Fsp3) is 0.263. The predicted octanol–water partition coefficient (Wildman–Crippen LogP) is 3.16. The molecule has 0 N–H and O–H groups in total. The first-order valence-corrected chi connectivity index (χ1v) is 9.59. The van der Waals surface area contributed by atoms with Crippen molar-refractivity contribution in [1.82, 2.24) is 0 Å². The highest BCUT2D eigenvalue weighted by atomic mass is 32.2. The molecule has 0 radical (unpaired) electrons. The molecule has 0 fully saturated rings. The highest BCUT2D eigenvalue weighted by molar-refractivity contribution is 7.92. The van der Waals surface area contributed by atoms with Crippen molar-refractivity contribution in [3.05, 3.63) is 54.6 Å². The summed E-state index contributed by atoms with van der Waals surface area (Å²) in [4.78, 5) is 0.188. The maximum atomic E-state index is 13.2. The van der Waals surface area contributed by atoms with E-state index in [4.69, 9.17) is 14.2 Å². The summed E-state index contributed by atoms with van der Waals surface area (Å²) in [7, 11) is -2.23. The van der Waals surface area contributed by atoms with Crippen LogP contribution in [-0.2, 0) is 10.0 Å². The van der Waals surface area contributed by atoms with Crippen LogP contribution < -0.4 is 18.5 Å². The van der Waals surface area contributed by atoms with Crippen molar-refractivity contribution in [2.75, 3.05) is 31.2 Å². The molecule has 0 bridgehead atoms. The van der Waals surface area contributed by atoms with Crippen molar-refractivity contribution in [3.63, 3.8) is 0 Å². The molecular formula is C19H21NO5S. The minimum absolute atomic E-state index is 0.132. The lowest BCUT2D eigenvalue weighted by atomic mass is 10.2. The Bertz CT molecular complexity index is 924. The number of hydrogen-bond acceptors (Lipinski definition) is 5. The van der Waals surface area contributed by atoms with Gasteiger partial charge in [0.1, 0.15) is 19.0 Å². The fourth-order valence-corrected chi connectivity index (χ4v) is 4.30. The van der Waals surface area contributed by atoms with Crippen LogP contribution in [0.1, 0.15) is 5.56 Å². The molecule has 0 spiro atoms. The minimum Gasteiger partial charge on any atom is -0.496 e. The molecule has 138 valence electrons. The van der Waals surface area contributed by atoms with Crippen molar-refractivity contribution in [2.45, 2.75) is 11.8 Å².